The summed E-state index contributed by atoms with van der Waals surface area (Å²) in [4.78, 5) is 0. The zero-order chi connectivity index (χ0) is 4.41. The first-order valence-corrected chi connectivity index (χ1v) is 3.25. The van der Waals surface area contributed by atoms with Gasteiger partial charge in [-0.25, -0.2) is 0 Å². The average Bonchev–Trinajstić information content (AvgIpc) is 1.86. The van der Waals surface area contributed by atoms with Gasteiger partial charge in [-0.2, -0.15) is 0 Å². The van der Waals surface area contributed by atoms with E-state index < -0.39 is 0 Å². The number of hydrogen-bond acceptors (Lipinski definition) is 0. The molecule has 0 aromatic carbocycles. The van der Waals surface area contributed by atoms with Crippen LogP contribution in [0.3, 0.4) is 0 Å². The Balaban J connectivity index is 2.86. The Morgan fingerprint density at radius 2 is 1.67 bits per heavy atom. The van der Waals surface area contributed by atoms with Gasteiger partial charge in [0.05, 0.1) is 0 Å². The Kier molecular flexibility index (Phi) is 1.25. The van der Waals surface area contributed by atoms with Crippen molar-refractivity contribution in [3.63, 3.8) is 0 Å². The molecule has 0 saturated carbocycles. The van der Waals surface area contributed by atoms with Gasteiger partial charge < -0.3 is 0 Å². The average molecular weight is 183 g/mol. The van der Waals surface area contributed by atoms with Gasteiger partial charge in [0.1, 0.15) is 0 Å². The van der Waals surface area contributed by atoms with Crippen LogP contribution in [0.5, 0.6) is 0 Å². The quantitative estimate of drug-likeness (QED) is 0.478. The molecule has 0 aliphatic heterocycles. The first kappa shape index (κ1) is 4.31. The second-order valence-electron chi connectivity index (χ2n) is 1.17. The van der Waals surface area contributed by atoms with Crippen molar-refractivity contribution in [3.05, 3.63) is 24.3 Å². The number of allylic oxidation sites excluding steroid dienone is 4. The van der Waals surface area contributed by atoms with E-state index in [1.165, 1.54) is 25.6 Å². The van der Waals surface area contributed by atoms with Gasteiger partial charge in [0.25, 0.3) is 0 Å². The van der Waals surface area contributed by atoms with E-state index in [-0.39, 0.29) is 0 Å². The zero-order valence-corrected chi connectivity index (χ0v) is 6.16. The second-order valence-corrected chi connectivity index (χ2v) is 2.82. The second kappa shape index (κ2) is 1.73. The van der Waals surface area contributed by atoms with Crippen molar-refractivity contribution in [1.82, 2.24) is 0 Å². The minimum atomic E-state index is 1.43. The summed E-state index contributed by atoms with van der Waals surface area (Å²) in [6, 6.07) is 0. The number of rotatable bonds is 0. The molecule has 0 unspecified atom stereocenters. The molecule has 6 heavy (non-hydrogen) atoms. The van der Waals surface area contributed by atoms with E-state index in [1.807, 2.05) is 0 Å². The van der Waals surface area contributed by atoms with E-state index in [0.717, 1.165) is 0 Å². The van der Waals surface area contributed by atoms with Crippen LogP contribution >= 0.6 is 0 Å². The standard InChI is InChI=1S/C5H4.Sn/c1-2-4-5-3-1;/h1-4H;. The molecule has 28 valence electrons. The Bertz CT molecular complexity index is 106. The molecule has 1 rings (SSSR count). The zero-order valence-electron chi connectivity index (χ0n) is 3.31. The molecule has 1 aliphatic rings. The summed E-state index contributed by atoms with van der Waals surface area (Å²) in [7, 11) is 0. The van der Waals surface area contributed by atoms with Crippen LogP contribution in [-0.2, 0) is 0 Å². The van der Waals surface area contributed by atoms with E-state index in [9.17, 15) is 0 Å². The summed E-state index contributed by atoms with van der Waals surface area (Å²) < 4.78 is 1.43. The van der Waals surface area contributed by atoms with E-state index >= 15 is 0 Å². The molecule has 2 radical (unpaired) electrons. The molecular formula is C5H4Sn. The van der Waals surface area contributed by atoms with Gasteiger partial charge in [0.15, 0.2) is 0 Å². The normalized spacial score (nSPS) is 17.0. The summed E-state index contributed by atoms with van der Waals surface area (Å²) in [6.07, 6.45) is 8.37. The molecule has 0 heterocycles. The molecule has 1 aliphatic carbocycles. The van der Waals surface area contributed by atoms with Gasteiger partial charge in [-0.1, -0.05) is 0 Å². The van der Waals surface area contributed by atoms with E-state index in [2.05, 4.69) is 24.3 Å². The Morgan fingerprint density at radius 3 is 1.83 bits per heavy atom. The van der Waals surface area contributed by atoms with Crippen LogP contribution in [-0.4, -0.2) is 25.6 Å². The minimum absolute atomic E-state index is 1.43. The third-order valence-corrected chi connectivity index (χ3v) is 1.61. The van der Waals surface area contributed by atoms with Crippen LogP contribution < -0.4 is 0 Å². The van der Waals surface area contributed by atoms with E-state index in [4.69, 9.17) is 0 Å². The van der Waals surface area contributed by atoms with Gasteiger partial charge in [-0.05, 0) is 0 Å². The molecular weight excluding hydrogens is 179 g/mol. The molecule has 0 N–H and O–H groups in total. The predicted octanol–water partition coefficient (Wildman–Crippen LogP) is 0.453. The molecule has 0 spiro atoms. The molecule has 0 amide bonds. The molecule has 0 bridgehead atoms. The molecule has 0 aromatic heterocycles. The third kappa shape index (κ3) is 0.805. The fourth-order valence-corrected chi connectivity index (χ4v) is 0.923. The van der Waals surface area contributed by atoms with Gasteiger partial charge >= 0.3 is 49.9 Å². The van der Waals surface area contributed by atoms with Crippen molar-refractivity contribution in [2.24, 2.45) is 0 Å². The molecule has 0 fully saturated rings. The van der Waals surface area contributed by atoms with E-state index in [0.29, 0.717) is 0 Å². The van der Waals surface area contributed by atoms with Crippen LogP contribution in [0.25, 0.3) is 0 Å². The van der Waals surface area contributed by atoms with Gasteiger partial charge in [-0.3, -0.25) is 0 Å². The van der Waals surface area contributed by atoms with Crippen molar-refractivity contribution in [2.45, 2.75) is 0 Å². The van der Waals surface area contributed by atoms with Crippen molar-refractivity contribution >= 4 is 25.6 Å². The fraction of sp³-hybridized carbons (Fsp3) is 0. The Labute approximate surface area is 50.1 Å². The van der Waals surface area contributed by atoms with Gasteiger partial charge in [0, 0.05) is 0 Å². The number of hydrogen-bond donors (Lipinski definition) is 0. The SMILES string of the molecule is [Sn]=[C]1C=CC=C1. The topological polar surface area (TPSA) is 0 Å². The molecule has 0 nitrogen and oxygen atoms in total. The third-order valence-electron chi connectivity index (χ3n) is 0.663. The summed E-state index contributed by atoms with van der Waals surface area (Å²) >= 11 is 1.51. The molecule has 0 atom stereocenters. The first-order chi connectivity index (χ1) is 2.89. The summed E-state index contributed by atoms with van der Waals surface area (Å²) in [5.41, 5.74) is 0. The molecule has 0 aromatic rings. The van der Waals surface area contributed by atoms with Crippen molar-refractivity contribution < 1.29 is 0 Å². The van der Waals surface area contributed by atoms with Crippen molar-refractivity contribution in [3.8, 4) is 0 Å². The summed E-state index contributed by atoms with van der Waals surface area (Å²) in [6.45, 7) is 0. The van der Waals surface area contributed by atoms with Gasteiger partial charge in [-0.15, -0.1) is 0 Å². The summed E-state index contributed by atoms with van der Waals surface area (Å²) in [5.74, 6) is 0. The Hall–Kier alpha value is 0.149. The Morgan fingerprint density at radius 1 is 1.17 bits per heavy atom. The van der Waals surface area contributed by atoms with E-state index in [1.54, 1.807) is 0 Å². The van der Waals surface area contributed by atoms with Crippen LogP contribution in [0, 0.1) is 0 Å². The van der Waals surface area contributed by atoms with Crippen molar-refractivity contribution in [1.29, 1.82) is 0 Å². The summed E-state index contributed by atoms with van der Waals surface area (Å²) in [5, 5.41) is 0. The monoisotopic (exact) mass is 184 g/mol. The van der Waals surface area contributed by atoms with Crippen LogP contribution in [0.2, 0.25) is 0 Å². The fourth-order valence-electron chi connectivity index (χ4n) is 0.374. The first-order valence-electron chi connectivity index (χ1n) is 1.83. The molecule has 0 saturated heterocycles. The van der Waals surface area contributed by atoms with Crippen LogP contribution in [0.4, 0.5) is 0 Å². The molecule has 1 heteroatoms. The van der Waals surface area contributed by atoms with Crippen LogP contribution in [0.15, 0.2) is 24.3 Å². The van der Waals surface area contributed by atoms with Crippen LogP contribution in [0.1, 0.15) is 0 Å². The predicted molar refractivity (Wildman–Crippen MR) is 29.0 cm³/mol. The maximum absolute atomic E-state index is 2.12. The van der Waals surface area contributed by atoms with Gasteiger partial charge in [0.2, 0.25) is 0 Å². The van der Waals surface area contributed by atoms with Crippen molar-refractivity contribution in [2.75, 3.05) is 0 Å². The maximum atomic E-state index is 2.12.